The summed E-state index contributed by atoms with van der Waals surface area (Å²) in [5.41, 5.74) is 0. The fourth-order valence-electron chi connectivity index (χ4n) is 1.71. The van der Waals surface area contributed by atoms with Gasteiger partial charge in [-0.05, 0) is 12.8 Å². The van der Waals surface area contributed by atoms with E-state index in [1.54, 1.807) is 0 Å². The Morgan fingerprint density at radius 1 is 1.26 bits per heavy atom. The smallest absolute Gasteiger partial charge is 0.475 e. The molecule has 0 saturated heterocycles. The largest absolute Gasteiger partial charge is 0.480 e. The summed E-state index contributed by atoms with van der Waals surface area (Å²) < 4.78 is 0. The van der Waals surface area contributed by atoms with E-state index in [4.69, 9.17) is 10.3 Å². The summed E-state index contributed by atoms with van der Waals surface area (Å²) in [7, 11) is 0. The Bertz CT molecular complexity index is 314. The third kappa shape index (κ3) is 7.22. The lowest BCUT2D eigenvalue weighted by atomic mass is 9.97. The highest BCUT2D eigenvalue weighted by molar-refractivity contribution is 5.85. The lowest BCUT2D eigenvalue weighted by molar-refractivity contribution is -0.975. The normalized spacial score (nSPS) is 11.9. The standard InChI is InChI=1S/C11H20N2O6/c1-3-5-8(6-4-2)10(14)12-9(11(15)16)7-19-13(17)18/h8-9H,3-7H2,1-2H3,(H2-,12,14,15,16,17,18)/p+1. The molecule has 110 valence electrons. The van der Waals surface area contributed by atoms with E-state index < -0.39 is 23.7 Å². The molecule has 0 saturated carbocycles. The molecule has 0 fully saturated rings. The van der Waals surface area contributed by atoms with Crippen LogP contribution >= 0.6 is 0 Å². The molecule has 0 aromatic carbocycles. The van der Waals surface area contributed by atoms with E-state index in [2.05, 4.69) is 10.2 Å². The maximum atomic E-state index is 11.9. The first kappa shape index (κ1) is 17.1. The molecule has 0 heterocycles. The van der Waals surface area contributed by atoms with Crippen LogP contribution in [0, 0.1) is 10.8 Å². The number of amides is 1. The second-order valence-electron chi connectivity index (χ2n) is 4.21. The minimum atomic E-state index is -1.37. The van der Waals surface area contributed by atoms with Crippen LogP contribution < -0.4 is 5.32 Å². The van der Waals surface area contributed by atoms with Crippen molar-refractivity contribution in [2.75, 3.05) is 6.61 Å². The number of hydrogen-bond acceptors (Lipinski definition) is 4. The molecule has 0 aliphatic heterocycles. The summed E-state index contributed by atoms with van der Waals surface area (Å²) in [5, 5.41) is 18.6. The van der Waals surface area contributed by atoms with Gasteiger partial charge in [-0.15, -0.1) is 0 Å². The Kier molecular flexibility index (Phi) is 8.23. The number of carboxylic acid groups (broad SMARTS) is 1. The first-order valence-electron chi connectivity index (χ1n) is 6.24. The average Bonchev–Trinajstić information content (AvgIpc) is 2.33. The Hall–Kier alpha value is -1.86. The summed E-state index contributed by atoms with van der Waals surface area (Å²) >= 11 is 0. The molecule has 8 heteroatoms. The van der Waals surface area contributed by atoms with Gasteiger partial charge in [-0.25, -0.2) is 10.0 Å². The fraction of sp³-hybridized carbons (Fsp3) is 0.818. The molecule has 3 N–H and O–H groups in total. The van der Waals surface area contributed by atoms with E-state index in [-0.39, 0.29) is 11.8 Å². The van der Waals surface area contributed by atoms with Crippen LogP contribution in [-0.2, 0) is 14.4 Å². The number of carbonyl (C=O) groups excluding carboxylic acids is 1. The maximum absolute atomic E-state index is 11.9. The maximum Gasteiger partial charge on any atom is 0.475 e. The minimum Gasteiger partial charge on any atom is -0.480 e. The zero-order chi connectivity index (χ0) is 14.8. The molecule has 1 atom stereocenters. The third-order valence-electron chi connectivity index (χ3n) is 2.61. The van der Waals surface area contributed by atoms with Gasteiger partial charge < -0.3 is 10.4 Å². The van der Waals surface area contributed by atoms with Gasteiger partial charge in [0, 0.05) is 5.92 Å². The second kappa shape index (κ2) is 9.12. The number of carbonyl (C=O) groups is 2. The van der Waals surface area contributed by atoms with Crippen LogP contribution in [0.15, 0.2) is 0 Å². The number of carboxylic acids is 1. The molecule has 8 nitrogen and oxygen atoms in total. The molecule has 0 aromatic heterocycles. The van der Waals surface area contributed by atoms with Gasteiger partial charge in [0.15, 0.2) is 6.04 Å². The van der Waals surface area contributed by atoms with Crippen LogP contribution in [0.3, 0.4) is 0 Å². The Morgan fingerprint density at radius 3 is 2.16 bits per heavy atom. The quantitative estimate of drug-likeness (QED) is 0.510. The Morgan fingerprint density at radius 2 is 1.79 bits per heavy atom. The Labute approximate surface area is 111 Å². The molecule has 0 rings (SSSR count). The van der Waals surface area contributed by atoms with Crippen molar-refractivity contribution in [2.45, 2.75) is 45.6 Å². The second-order valence-corrected chi connectivity index (χ2v) is 4.21. The molecule has 0 bridgehead atoms. The van der Waals surface area contributed by atoms with Crippen LogP contribution in [-0.4, -0.2) is 39.9 Å². The number of rotatable bonds is 10. The van der Waals surface area contributed by atoms with Crippen molar-refractivity contribution in [2.24, 2.45) is 5.92 Å². The molecule has 19 heavy (non-hydrogen) atoms. The van der Waals surface area contributed by atoms with Gasteiger partial charge in [0.25, 0.3) is 0 Å². The van der Waals surface area contributed by atoms with Gasteiger partial charge >= 0.3 is 11.1 Å². The highest BCUT2D eigenvalue weighted by Gasteiger charge is 2.27. The summed E-state index contributed by atoms with van der Waals surface area (Å²) in [6.45, 7) is 3.25. The van der Waals surface area contributed by atoms with E-state index in [0.717, 1.165) is 12.8 Å². The van der Waals surface area contributed by atoms with Crippen molar-refractivity contribution in [3.8, 4) is 0 Å². The summed E-state index contributed by atoms with van der Waals surface area (Å²) in [6, 6.07) is -1.37. The summed E-state index contributed by atoms with van der Waals surface area (Å²) in [4.78, 5) is 37.0. The van der Waals surface area contributed by atoms with Crippen molar-refractivity contribution < 1.29 is 29.8 Å². The molecule has 0 spiro atoms. The highest BCUT2D eigenvalue weighted by atomic mass is 16.9. The summed E-state index contributed by atoms with van der Waals surface area (Å²) in [5.74, 6) is -1.97. The topological polar surface area (TPSA) is 116 Å². The third-order valence-corrected chi connectivity index (χ3v) is 2.61. The van der Waals surface area contributed by atoms with Gasteiger partial charge in [-0.3, -0.25) is 4.79 Å². The number of hydrogen-bond donors (Lipinski definition) is 3. The molecule has 0 radical (unpaired) electrons. The predicted molar refractivity (Wildman–Crippen MR) is 64.2 cm³/mol. The van der Waals surface area contributed by atoms with Gasteiger partial charge in [-0.1, -0.05) is 26.7 Å². The SMILES string of the molecule is CCCC(CCC)C(=O)NC(CO[N+](=O)O)C(=O)O. The van der Waals surface area contributed by atoms with Crippen molar-refractivity contribution in [1.82, 2.24) is 5.32 Å². The molecule has 0 aliphatic rings. The van der Waals surface area contributed by atoms with Gasteiger partial charge in [0.05, 0.1) is 0 Å². The summed E-state index contributed by atoms with van der Waals surface area (Å²) in [6.07, 6.45) is 2.97. The van der Waals surface area contributed by atoms with E-state index >= 15 is 0 Å². The minimum absolute atomic E-state index is 0.255. The first-order valence-corrected chi connectivity index (χ1v) is 6.24. The van der Waals surface area contributed by atoms with Crippen molar-refractivity contribution in [1.29, 1.82) is 0 Å². The van der Waals surface area contributed by atoms with Crippen molar-refractivity contribution in [3.63, 3.8) is 0 Å². The Balaban J connectivity index is 4.49. The lowest BCUT2D eigenvalue weighted by Gasteiger charge is -2.18. The van der Waals surface area contributed by atoms with Crippen LogP contribution in [0.25, 0.3) is 0 Å². The van der Waals surface area contributed by atoms with E-state index in [0.29, 0.717) is 12.8 Å². The molecule has 1 amide bonds. The first-order chi connectivity index (χ1) is 8.92. The van der Waals surface area contributed by atoms with Crippen LogP contribution in [0.2, 0.25) is 0 Å². The van der Waals surface area contributed by atoms with Gasteiger partial charge in [0.1, 0.15) is 4.91 Å². The zero-order valence-corrected chi connectivity index (χ0v) is 11.2. The van der Waals surface area contributed by atoms with E-state index in [1.165, 1.54) is 0 Å². The average molecular weight is 277 g/mol. The molecular formula is C11H21N2O6+. The van der Waals surface area contributed by atoms with Gasteiger partial charge in [-0.2, -0.15) is 4.84 Å². The van der Waals surface area contributed by atoms with E-state index in [9.17, 15) is 14.5 Å². The van der Waals surface area contributed by atoms with Crippen LogP contribution in [0.5, 0.6) is 0 Å². The van der Waals surface area contributed by atoms with Gasteiger partial charge in [0.2, 0.25) is 12.5 Å². The fourth-order valence-corrected chi connectivity index (χ4v) is 1.71. The van der Waals surface area contributed by atoms with Crippen molar-refractivity contribution >= 4 is 11.9 Å². The molecule has 0 aromatic rings. The number of aliphatic carboxylic acids is 1. The molecule has 1 unspecified atom stereocenters. The molecule has 0 aliphatic carbocycles. The monoisotopic (exact) mass is 277 g/mol. The van der Waals surface area contributed by atoms with E-state index in [1.807, 2.05) is 13.8 Å². The van der Waals surface area contributed by atoms with Crippen LogP contribution in [0.4, 0.5) is 0 Å². The number of nitrogens with zero attached hydrogens (tertiary/aromatic N) is 1. The zero-order valence-electron chi connectivity index (χ0n) is 11.2. The van der Waals surface area contributed by atoms with Crippen LogP contribution in [0.1, 0.15) is 39.5 Å². The van der Waals surface area contributed by atoms with Crippen molar-refractivity contribution in [3.05, 3.63) is 4.91 Å². The number of nitrogens with one attached hydrogen (secondary N) is 1. The predicted octanol–water partition coefficient (Wildman–Crippen LogP) is 0.872. The molecular weight excluding hydrogens is 256 g/mol. The highest BCUT2D eigenvalue weighted by Crippen LogP contribution is 2.13. The lowest BCUT2D eigenvalue weighted by Crippen LogP contribution is -2.46.